The predicted molar refractivity (Wildman–Crippen MR) is 64.3 cm³/mol. The first kappa shape index (κ1) is 12.5. The van der Waals surface area contributed by atoms with Gasteiger partial charge in [-0.15, -0.1) is 0 Å². The van der Waals surface area contributed by atoms with Gasteiger partial charge in [-0.05, 0) is 13.8 Å². The monoisotopic (exact) mass is 258 g/mol. The number of piperazine rings is 1. The van der Waals surface area contributed by atoms with E-state index in [4.69, 9.17) is 0 Å². The summed E-state index contributed by atoms with van der Waals surface area (Å²) in [7, 11) is -1.63. The van der Waals surface area contributed by atoms with Crippen LogP contribution in [0.1, 0.15) is 11.4 Å². The van der Waals surface area contributed by atoms with Gasteiger partial charge in [0.1, 0.15) is 4.90 Å². The van der Waals surface area contributed by atoms with Crippen LogP contribution in [-0.2, 0) is 17.1 Å². The summed E-state index contributed by atoms with van der Waals surface area (Å²) in [5, 5.41) is 7.31. The second-order valence-electron chi connectivity index (χ2n) is 4.28. The summed E-state index contributed by atoms with van der Waals surface area (Å²) in [5.41, 5.74) is 1.27. The number of hydrogen-bond donors (Lipinski definition) is 1. The Labute approximate surface area is 102 Å². The molecule has 1 N–H and O–H groups in total. The third-order valence-corrected chi connectivity index (χ3v) is 5.27. The van der Waals surface area contributed by atoms with Crippen LogP contribution in [0.15, 0.2) is 4.90 Å². The minimum atomic E-state index is -3.39. The van der Waals surface area contributed by atoms with Crippen LogP contribution in [0.3, 0.4) is 0 Å². The van der Waals surface area contributed by atoms with Crippen molar-refractivity contribution in [3.63, 3.8) is 0 Å². The molecule has 17 heavy (non-hydrogen) atoms. The Morgan fingerprint density at radius 2 is 1.82 bits per heavy atom. The topological polar surface area (TPSA) is 67.2 Å². The molecule has 0 atom stereocenters. The molecule has 0 aliphatic carbocycles. The van der Waals surface area contributed by atoms with Crippen molar-refractivity contribution >= 4 is 10.0 Å². The highest BCUT2D eigenvalue weighted by atomic mass is 32.2. The summed E-state index contributed by atoms with van der Waals surface area (Å²) < 4.78 is 28.1. The van der Waals surface area contributed by atoms with Gasteiger partial charge in [-0.25, -0.2) is 8.42 Å². The number of rotatable bonds is 2. The second kappa shape index (κ2) is 4.40. The molecule has 0 bridgehead atoms. The summed E-state index contributed by atoms with van der Waals surface area (Å²) in [6.45, 7) is 5.98. The van der Waals surface area contributed by atoms with Gasteiger partial charge >= 0.3 is 0 Å². The fraction of sp³-hybridized carbons (Fsp3) is 0.700. The van der Waals surface area contributed by atoms with Crippen LogP contribution in [-0.4, -0.2) is 48.7 Å². The molecular weight excluding hydrogens is 240 g/mol. The lowest BCUT2D eigenvalue weighted by molar-refractivity contribution is 0.360. The summed E-state index contributed by atoms with van der Waals surface area (Å²) >= 11 is 0. The zero-order valence-electron chi connectivity index (χ0n) is 10.4. The van der Waals surface area contributed by atoms with Crippen LogP contribution >= 0.6 is 0 Å². The zero-order chi connectivity index (χ0) is 12.6. The largest absolute Gasteiger partial charge is 0.314 e. The van der Waals surface area contributed by atoms with Crippen molar-refractivity contribution in [2.75, 3.05) is 26.2 Å². The maximum atomic E-state index is 12.5. The first-order valence-corrected chi connectivity index (χ1v) is 7.09. The molecule has 1 saturated heterocycles. The number of sulfonamides is 1. The molecule has 0 spiro atoms. The first-order chi connectivity index (χ1) is 7.94. The SMILES string of the molecule is Cc1nn(C)c(C)c1S(=O)(=O)N1CCNCC1. The summed E-state index contributed by atoms with van der Waals surface area (Å²) in [6, 6.07) is 0. The average Bonchev–Trinajstić information content (AvgIpc) is 2.54. The molecule has 2 rings (SSSR count). The number of nitrogens with one attached hydrogen (secondary N) is 1. The number of aryl methyl sites for hydroxylation is 2. The lowest BCUT2D eigenvalue weighted by Gasteiger charge is -2.26. The molecule has 1 fully saturated rings. The van der Waals surface area contributed by atoms with Crippen LogP contribution in [0.5, 0.6) is 0 Å². The van der Waals surface area contributed by atoms with Gasteiger partial charge in [0, 0.05) is 33.2 Å². The summed E-state index contributed by atoms with van der Waals surface area (Å²) in [5.74, 6) is 0. The van der Waals surface area contributed by atoms with Gasteiger partial charge in [-0.3, -0.25) is 4.68 Å². The van der Waals surface area contributed by atoms with Crippen molar-refractivity contribution in [3.05, 3.63) is 11.4 Å². The van der Waals surface area contributed by atoms with Gasteiger partial charge in [-0.1, -0.05) is 0 Å². The smallest absolute Gasteiger partial charge is 0.246 e. The molecule has 0 unspecified atom stereocenters. The maximum absolute atomic E-state index is 12.5. The predicted octanol–water partition coefficient (Wildman–Crippen LogP) is -0.369. The van der Waals surface area contributed by atoms with Crippen molar-refractivity contribution in [3.8, 4) is 0 Å². The third kappa shape index (κ3) is 2.10. The number of hydrogen-bond acceptors (Lipinski definition) is 4. The van der Waals surface area contributed by atoms with Crippen molar-refractivity contribution in [1.82, 2.24) is 19.4 Å². The Kier molecular flexibility index (Phi) is 3.24. The van der Waals surface area contributed by atoms with E-state index in [9.17, 15) is 8.42 Å². The summed E-state index contributed by atoms with van der Waals surface area (Å²) in [4.78, 5) is 0.363. The molecule has 0 radical (unpaired) electrons. The molecule has 96 valence electrons. The van der Waals surface area contributed by atoms with Gasteiger partial charge in [0.2, 0.25) is 10.0 Å². The van der Waals surface area contributed by atoms with E-state index in [0.29, 0.717) is 42.5 Å². The Bertz CT molecular complexity index is 515. The molecular formula is C10H18N4O2S. The lowest BCUT2D eigenvalue weighted by Crippen LogP contribution is -2.46. The zero-order valence-corrected chi connectivity index (χ0v) is 11.2. The van der Waals surface area contributed by atoms with E-state index in [1.165, 1.54) is 4.31 Å². The molecule has 6 nitrogen and oxygen atoms in total. The highest BCUT2D eigenvalue weighted by Crippen LogP contribution is 2.22. The second-order valence-corrected chi connectivity index (χ2v) is 6.15. The molecule has 1 aliphatic heterocycles. The Morgan fingerprint density at radius 3 is 2.29 bits per heavy atom. The van der Waals surface area contributed by atoms with Crippen molar-refractivity contribution in [2.24, 2.45) is 7.05 Å². The molecule has 7 heteroatoms. The normalized spacial score (nSPS) is 18.5. The Balaban J connectivity index is 2.43. The Morgan fingerprint density at radius 1 is 1.24 bits per heavy atom. The van der Waals surface area contributed by atoms with Gasteiger partial charge in [-0.2, -0.15) is 9.40 Å². The fourth-order valence-electron chi connectivity index (χ4n) is 2.14. The number of aromatic nitrogens is 2. The van der Waals surface area contributed by atoms with E-state index in [1.54, 1.807) is 25.6 Å². The van der Waals surface area contributed by atoms with Crippen LogP contribution in [0.4, 0.5) is 0 Å². The minimum Gasteiger partial charge on any atom is -0.314 e. The lowest BCUT2D eigenvalue weighted by atomic mass is 10.4. The summed E-state index contributed by atoms with van der Waals surface area (Å²) in [6.07, 6.45) is 0. The van der Waals surface area contributed by atoms with Gasteiger partial charge in [0.15, 0.2) is 0 Å². The van der Waals surface area contributed by atoms with Crippen molar-refractivity contribution in [2.45, 2.75) is 18.7 Å². The standard InChI is InChI=1S/C10H18N4O2S/c1-8-10(9(2)13(3)12-8)17(15,16)14-6-4-11-5-7-14/h11H,4-7H2,1-3H3. The molecule has 0 amide bonds. The van der Waals surface area contributed by atoms with Crippen molar-refractivity contribution < 1.29 is 8.42 Å². The molecule has 1 aromatic heterocycles. The van der Waals surface area contributed by atoms with Crippen LogP contribution in [0.2, 0.25) is 0 Å². The fourth-order valence-corrected chi connectivity index (χ4v) is 3.98. The average molecular weight is 258 g/mol. The molecule has 1 aromatic rings. The molecule has 1 aliphatic rings. The molecule has 2 heterocycles. The van der Waals surface area contributed by atoms with Gasteiger partial charge in [0.25, 0.3) is 0 Å². The van der Waals surface area contributed by atoms with E-state index >= 15 is 0 Å². The van der Waals surface area contributed by atoms with E-state index in [0.717, 1.165) is 0 Å². The van der Waals surface area contributed by atoms with E-state index in [1.807, 2.05) is 0 Å². The van der Waals surface area contributed by atoms with Crippen molar-refractivity contribution in [1.29, 1.82) is 0 Å². The van der Waals surface area contributed by atoms with E-state index in [-0.39, 0.29) is 0 Å². The van der Waals surface area contributed by atoms with E-state index < -0.39 is 10.0 Å². The highest BCUT2D eigenvalue weighted by molar-refractivity contribution is 7.89. The number of nitrogens with zero attached hydrogens (tertiary/aromatic N) is 3. The maximum Gasteiger partial charge on any atom is 0.246 e. The van der Waals surface area contributed by atoms with Crippen LogP contribution in [0.25, 0.3) is 0 Å². The van der Waals surface area contributed by atoms with Gasteiger partial charge < -0.3 is 5.32 Å². The first-order valence-electron chi connectivity index (χ1n) is 5.65. The van der Waals surface area contributed by atoms with Gasteiger partial charge in [0.05, 0.1) is 11.4 Å². The molecule has 0 saturated carbocycles. The third-order valence-electron chi connectivity index (χ3n) is 3.12. The molecule has 0 aromatic carbocycles. The minimum absolute atomic E-state index is 0.363. The Hall–Kier alpha value is -0.920. The van der Waals surface area contributed by atoms with Crippen LogP contribution in [0, 0.1) is 13.8 Å². The van der Waals surface area contributed by atoms with E-state index in [2.05, 4.69) is 10.4 Å². The quantitative estimate of drug-likeness (QED) is 0.786. The highest BCUT2D eigenvalue weighted by Gasteiger charge is 2.31. The van der Waals surface area contributed by atoms with Crippen LogP contribution < -0.4 is 5.32 Å².